The van der Waals surface area contributed by atoms with Gasteiger partial charge in [-0.25, -0.2) is 13.1 Å². The Morgan fingerprint density at radius 1 is 1.04 bits per heavy atom. The molecule has 0 heterocycles. The van der Waals surface area contributed by atoms with Gasteiger partial charge in [0.1, 0.15) is 17.2 Å². The van der Waals surface area contributed by atoms with Gasteiger partial charge >= 0.3 is 0 Å². The minimum Gasteiger partial charge on any atom is -0.497 e. The van der Waals surface area contributed by atoms with E-state index in [1.165, 1.54) is 33.4 Å². The van der Waals surface area contributed by atoms with Crippen molar-refractivity contribution in [2.75, 3.05) is 26.6 Å². The van der Waals surface area contributed by atoms with Crippen LogP contribution in [0.2, 0.25) is 0 Å². The summed E-state index contributed by atoms with van der Waals surface area (Å²) in [5.41, 5.74) is 0.247. The minimum absolute atomic E-state index is 0.135. The van der Waals surface area contributed by atoms with Gasteiger partial charge in [0, 0.05) is 30.0 Å². The van der Waals surface area contributed by atoms with Crippen LogP contribution in [0, 0.1) is 10.1 Å². The first-order valence-electron chi connectivity index (χ1n) is 7.03. The molecule has 2 aromatic carbocycles. The molecule has 2 aromatic rings. The largest absolute Gasteiger partial charge is 0.497 e. The lowest BCUT2D eigenvalue weighted by atomic mass is 10.2. The number of hydrogen-bond donors (Lipinski definition) is 2. The number of anilines is 2. The molecule has 0 fully saturated rings. The Labute approximate surface area is 144 Å². The first-order chi connectivity index (χ1) is 11.8. The van der Waals surface area contributed by atoms with Crippen molar-refractivity contribution in [2.45, 2.75) is 4.90 Å². The molecule has 134 valence electrons. The number of rotatable bonds is 7. The van der Waals surface area contributed by atoms with E-state index >= 15 is 0 Å². The van der Waals surface area contributed by atoms with Gasteiger partial charge in [0.2, 0.25) is 10.0 Å². The molecule has 0 saturated heterocycles. The van der Waals surface area contributed by atoms with Crippen molar-refractivity contribution in [2.24, 2.45) is 0 Å². The lowest BCUT2D eigenvalue weighted by Crippen LogP contribution is -2.18. The van der Waals surface area contributed by atoms with Crippen molar-refractivity contribution >= 4 is 27.1 Å². The van der Waals surface area contributed by atoms with Crippen LogP contribution in [0.15, 0.2) is 41.3 Å². The Bertz CT molecular complexity index is 876. The average Bonchev–Trinajstić information content (AvgIpc) is 2.61. The summed E-state index contributed by atoms with van der Waals surface area (Å²) in [6.07, 6.45) is 0. The maximum absolute atomic E-state index is 11.8. The summed E-state index contributed by atoms with van der Waals surface area (Å²) in [4.78, 5) is 10.5. The van der Waals surface area contributed by atoms with Crippen LogP contribution < -0.4 is 19.5 Å². The van der Waals surface area contributed by atoms with E-state index in [1.54, 1.807) is 18.2 Å². The second-order valence-electron chi connectivity index (χ2n) is 4.87. The van der Waals surface area contributed by atoms with E-state index < -0.39 is 14.9 Å². The second-order valence-corrected chi connectivity index (χ2v) is 6.76. The Hall–Kier alpha value is -2.85. The molecular weight excluding hydrogens is 350 g/mol. The van der Waals surface area contributed by atoms with Gasteiger partial charge in [-0.15, -0.1) is 0 Å². The molecule has 0 amide bonds. The molecule has 0 bridgehead atoms. The highest BCUT2D eigenvalue weighted by atomic mass is 32.2. The van der Waals surface area contributed by atoms with Crippen molar-refractivity contribution in [1.82, 2.24) is 4.72 Å². The number of ether oxygens (including phenoxy) is 2. The van der Waals surface area contributed by atoms with Crippen molar-refractivity contribution in [1.29, 1.82) is 0 Å². The van der Waals surface area contributed by atoms with Crippen LogP contribution in [0.1, 0.15) is 0 Å². The minimum atomic E-state index is -3.79. The van der Waals surface area contributed by atoms with E-state index in [1.807, 2.05) is 0 Å². The Kier molecular flexibility index (Phi) is 5.45. The zero-order valence-corrected chi connectivity index (χ0v) is 14.6. The predicted octanol–water partition coefficient (Wildman–Crippen LogP) is 2.26. The van der Waals surface area contributed by atoms with Gasteiger partial charge in [0.15, 0.2) is 0 Å². The third-order valence-corrected chi connectivity index (χ3v) is 4.79. The van der Waals surface area contributed by atoms with E-state index in [0.717, 1.165) is 6.07 Å². The molecule has 0 unspecified atom stereocenters. The number of nitrogens with one attached hydrogen (secondary N) is 2. The molecule has 0 spiro atoms. The van der Waals surface area contributed by atoms with Crippen LogP contribution in [0.3, 0.4) is 0 Å². The number of hydrogen-bond acceptors (Lipinski definition) is 7. The fourth-order valence-electron chi connectivity index (χ4n) is 2.09. The summed E-state index contributed by atoms with van der Waals surface area (Å²) in [5.74, 6) is 0.998. The molecule has 10 heteroatoms. The van der Waals surface area contributed by atoms with Gasteiger partial charge in [-0.1, -0.05) is 0 Å². The molecule has 0 saturated carbocycles. The third kappa shape index (κ3) is 4.17. The predicted molar refractivity (Wildman–Crippen MR) is 92.2 cm³/mol. The van der Waals surface area contributed by atoms with Crippen molar-refractivity contribution in [3.63, 3.8) is 0 Å². The van der Waals surface area contributed by atoms with Crippen LogP contribution in [0.4, 0.5) is 17.1 Å². The van der Waals surface area contributed by atoms with E-state index in [2.05, 4.69) is 10.0 Å². The zero-order chi connectivity index (χ0) is 18.6. The summed E-state index contributed by atoms with van der Waals surface area (Å²) in [5, 5.41) is 14.2. The van der Waals surface area contributed by atoms with Gasteiger partial charge in [-0.2, -0.15) is 0 Å². The fourth-order valence-corrected chi connectivity index (χ4v) is 2.84. The fraction of sp³-hybridized carbons (Fsp3) is 0.200. The van der Waals surface area contributed by atoms with Gasteiger partial charge in [-0.3, -0.25) is 10.1 Å². The zero-order valence-electron chi connectivity index (χ0n) is 13.8. The topological polar surface area (TPSA) is 120 Å². The van der Waals surface area contributed by atoms with Gasteiger partial charge in [0.25, 0.3) is 5.69 Å². The highest BCUT2D eigenvalue weighted by Gasteiger charge is 2.20. The summed E-state index contributed by atoms with van der Waals surface area (Å²) in [7, 11) is 0.414. The smallest absolute Gasteiger partial charge is 0.294 e. The summed E-state index contributed by atoms with van der Waals surface area (Å²) in [6.45, 7) is 0. The lowest BCUT2D eigenvalue weighted by molar-refractivity contribution is -0.384. The molecular formula is C15H17N3O6S. The second kappa shape index (κ2) is 7.36. The summed E-state index contributed by atoms with van der Waals surface area (Å²) >= 11 is 0. The van der Waals surface area contributed by atoms with Gasteiger partial charge in [0.05, 0.1) is 24.0 Å². The molecule has 0 aromatic heterocycles. The van der Waals surface area contributed by atoms with Crippen LogP contribution >= 0.6 is 0 Å². The van der Waals surface area contributed by atoms with Crippen molar-refractivity contribution in [3.8, 4) is 11.5 Å². The van der Waals surface area contributed by atoms with E-state index in [0.29, 0.717) is 17.2 Å². The van der Waals surface area contributed by atoms with Gasteiger partial charge in [-0.05, 0) is 19.2 Å². The highest BCUT2D eigenvalue weighted by Crippen LogP contribution is 2.33. The molecule has 2 rings (SSSR count). The van der Waals surface area contributed by atoms with Crippen LogP contribution in [0.5, 0.6) is 11.5 Å². The Morgan fingerprint density at radius 2 is 1.64 bits per heavy atom. The number of benzene rings is 2. The standard InChI is InChI=1S/C15H17N3O6S/c1-16-25(21,22)13-4-5-14(15(9-13)18(19)20)17-10-6-11(23-2)8-12(7-10)24-3/h4-9,16-17H,1-3H3. The lowest BCUT2D eigenvalue weighted by Gasteiger charge is -2.12. The van der Waals surface area contributed by atoms with Crippen molar-refractivity contribution < 1.29 is 22.8 Å². The first kappa shape index (κ1) is 18.5. The average molecular weight is 367 g/mol. The van der Waals surface area contributed by atoms with E-state index in [-0.39, 0.29) is 16.3 Å². The molecule has 0 atom stereocenters. The van der Waals surface area contributed by atoms with Crippen LogP contribution in [0.25, 0.3) is 0 Å². The number of nitrogens with zero attached hydrogens (tertiary/aromatic N) is 1. The number of nitro groups is 1. The normalized spacial score (nSPS) is 11.0. The summed E-state index contributed by atoms with van der Waals surface area (Å²) in [6, 6.07) is 8.51. The monoisotopic (exact) mass is 367 g/mol. The quantitative estimate of drug-likeness (QED) is 0.569. The number of nitro benzene ring substituents is 1. The third-order valence-electron chi connectivity index (χ3n) is 3.38. The number of methoxy groups -OCH3 is 2. The highest BCUT2D eigenvalue weighted by molar-refractivity contribution is 7.89. The van der Waals surface area contributed by atoms with Crippen LogP contribution in [-0.4, -0.2) is 34.6 Å². The maximum Gasteiger partial charge on any atom is 0.294 e. The number of sulfonamides is 1. The molecule has 0 radical (unpaired) electrons. The molecule has 0 aliphatic rings. The molecule has 0 aliphatic carbocycles. The maximum atomic E-state index is 11.8. The van der Waals surface area contributed by atoms with E-state index in [9.17, 15) is 18.5 Å². The SMILES string of the molecule is CNS(=O)(=O)c1ccc(Nc2cc(OC)cc(OC)c2)c([N+](=O)[O-])c1. The first-order valence-corrected chi connectivity index (χ1v) is 8.51. The summed E-state index contributed by atoms with van der Waals surface area (Å²) < 4.78 is 36.1. The molecule has 9 nitrogen and oxygen atoms in total. The molecule has 2 N–H and O–H groups in total. The van der Waals surface area contributed by atoms with Gasteiger partial charge < -0.3 is 14.8 Å². The molecule has 25 heavy (non-hydrogen) atoms. The molecule has 0 aliphatic heterocycles. The van der Waals surface area contributed by atoms with Crippen molar-refractivity contribution in [3.05, 3.63) is 46.5 Å². The Balaban J connectivity index is 2.48. The van der Waals surface area contributed by atoms with Crippen LogP contribution in [-0.2, 0) is 10.0 Å². The Morgan fingerprint density at radius 3 is 2.12 bits per heavy atom. The van der Waals surface area contributed by atoms with E-state index in [4.69, 9.17) is 9.47 Å².